The van der Waals surface area contributed by atoms with Crippen LogP contribution in [0.1, 0.15) is 15.2 Å². The summed E-state index contributed by atoms with van der Waals surface area (Å²) in [5, 5.41) is 9.00. The van der Waals surface area contributed by atoms with Gasteiger partial charge in [-0.25, -0.2) is 13.2 Å². The standard InChI is InChI=1S/C13H13NO4S3/c1-8-6-11(20-12(8)13(15)16)21(17,18)14-9-4-3-5-10(7-9)19-2/h3-7,14H,1-2H3,(H,15,16). The van der Waals surface area contributed by atoms with Gasteiger partial charge in [0, 0.05) is 10.6 Å². The van der Waals surface area contributed by atoms with Crippen molar-refractivity contribution < 1.29 is 18.3 Å². The van der Waals surface area contributed by atoms with Crippen molar-refractivity contribution in [3.05, 3.63) is 40.8 Å². The molecule has 1 aromatic carbocycles. The lowest BCUT2D eigenvalue weighted by Crippen LogP contribution is -2.11. The van der Waals surface area contributed by atoms with Crippen LogP contribution in [0.4, 0.5) is 5.69 Å². The number of rotatable bonds is 5. The number of nitrogens with one attached hydrogen (secondary N) is 1. The van der Waals surface area contributed by atoms with Crippen LogP contribution in [0, 0.1) is 6.92 Å². The van der Waals surface area contributed by atoms with E-state index in [0.29, 0.717) is 11.3 Å². The van der Waals surface area contributed by atoms with Crippen LogP contribution in [0.15, 0.2) is 39.4 Å². The molecule has 0 bridgehead atoms. The molecule has 0 aliphatic rings. The maximum atomic E-state index is 12.3. The fraction of sp³-hybridized carbons (Fsp3) is 0.154. The Labute approximate surface area is 131 Å². The van der Waals surface area contributed by atoms with E-state index in [1.807, 2.05) is 12.3 Å². The molecule has 0 unspecified atom stereocenters. The van der Waals surface area contributed by atoms with Crippen LogP contribution in [0.25, 0.3) is 0 Å². The van der Waals surface area contributed by atoms with Crippen molar-refractivity contribution in [3.63, 3.8) is 0 Å². The van der Waals surface area contributed by atoms with Crippen LogP contribution in [0.2, 0.25) is 0 Å². The van der Waals surface area contributed by atoms with E-state index in [-0.39, 0.29) is 9.09 Å². The van der Waals surface area contributed by atoms with Crippen molar-refractivity contribution in [1.82, 2.24) is 0 Å². The largest absolute Gasteiger partial charge is 0.477 e. The third-order valence-electron chi connectivity index (χ3n) is 2.68. The van der Waals surface area contributed by atoms with Gasteiger partial charge >= 0.3 is 5.97 Å². The van der Waals surface area contributed by atoms with Gasteiger partial charge in [-0.3, -0.25) is 4.72 Å². The predicted molar refractivity (Wildman–Crippen MR) is 85.0 cm³/mol. The molecule has 0 aliphatic heterocycles. The molecule has 0 saturated carbocycles. The molecule has 0 atom stereocenters. The van der Waals surface area contributed by atoms with E-state index in [4.69, 9.17) is 5.11 Å². The first-order valence-electron chi connectivity index (χ1n) is 5.84. The van der Waals surface area contributed by atoms with E-state index in [1.165, 1.54) is 17.8 Å². The minimum Gasteiger partial charge on any atom is -0.477 e. The normalized spacial score (nSPS) is 11.3. The second-order valence-electron chi connectivity index (χ2n) is 4.22. The minimum absolute atomic E-state index is 0.00745. The molecule has 8 heteroatoms. The summed E-state index contributed by atoms with van der Waals surface area (Å²) in [6, 6.07) is 8.37. The molecule has 0 saturated heterocycles. The molecule has 2 aromatic rings. The number of aromatic carboxylic acids is 1. The van der Waals surface area contributed by atoms with Crippen molar-refractivity contribution in [2.75, 3.05) is 11.0 Å². The molecule has 1 heterocycles. The topological polar surface area (TPSA) is 83.5 Å². The molecule has 0 aliphatic carbocycles. The SMILES string of the molecule is CSc1cccc(NS(=O)(=O)c2cc(C)c(C(=O)O)s2)c1. The van der Waals surface area contributed by atoms with Gasteiger partial charge in [0.2, 0.25) is 0 Å². The second kappa shape index (κ2) is 6.08. The molecule has 1 aromatic heterocycles. The van der Waals surface area contributed by atoms with Crippen LogP contribution in [0.3, 0.4) is 0 Å². The zero-order valence-corrected chi connectivity index (χ0v) is 13.7. The summed E-state index contributed by atoms with van der Waals surface area (Å²) in [4.78, 5) is 12.0. The highest BCUT2D eigenvalue weighted by Crippen LogP contribution is 2.28. The third-order valence-corrected chi connectivity index (χ3v) is 6.48. The Bertz CT molecular complexity index is 780. The highest BCUT2D eigenvalue weighted by atomic mass is 32.2. The number of sulfonamides is 1. The second-order valence-corrected chi connectivity index (χ2v) is 8.06. The lowest BCUT2D eigenvalue weighted by Gasteiger charge is -2.07. The van der Waals surface area contributed by atoms with Gasteiger partial charge < -0.3 is 5.11 Å². The van der Waals surface area contributed by atoms with Gasteiger partial charge in [0.05, 0.1) is 0 Å². The lowest BCUT2D eigenvalue weighted by molar-refractivity contribution is 0.0701. The van der Waals surface area contributed by atoms with Gasteiger partial charge in [-0.2, -0.15) is 0 Å². The van der Waals surface area contributed by atoms with Crippen molar-refractivity contribution in [3.8, 4) is 0 Å². The number of aryl methyl sites for hydroxylation is 1. The maximum Gasteiger partial charge on any atom is 0.346 e. The van der Waals surface area contributed by atoms with Gasteiger partial charge in [-0.1, -0.05) is 6.07 Å². The summed E-state index contributed by atoms with van der Waals surface area (Å²) in [5.41, 5.74) is 0.885. The minimum atomic E-state index is -3.78. The number of hydrogen-bond acceptors (Lipinski definition) is 5. The molecule has 0 spiro atoms. The molecule has 0 radical (unpaired) electrons. The maximum absolute atomic E-state index is 12.3. The van der Waals surface area contributed by atoms with E-state index in [9.17, 15) is 13.2 Å². The molecule has 2 rings (SSSR count). The number of thiophene rings is 1. The average molecular weight is 343 g/mol. The summed E-state index contributed by atoms with van der Waals surface area (Å²) in [6.45, 7) is 1.58. The molecule has 0 amide bonds. The summed E-state index contributed by atoms with van der Waals surface area (Å²) < 4.78 is 27.0. The highest BCUT2D eigenvalue weighted by Gasteiger charge is 2.21. The third kappa shape index (κ3) is 3.58. The first-order chi connectivity index (χ1) is 9.83. The molecule has 0 fully saturated rings. The summed E-state index contributed by atoms with van der Waals surface area (Å²) in [6.07, 6.45) is 1.90. The van der Waals surface area contributed by atoms with E-state index in [2.05, 4.69) is 4.72 Å². The van der Waals surface area contributed by atoms with Gasteiger partial charge in [0.25, 0.3) is 10.0 Å². The number of thioether (sulfide) groups is 1. The smallest absolute Gasteiger partial charge is 0.346 e. The Kier molecular flexibility index (Phi) is 4.60. The van der Waals surface area contributed by atoms with E-state index in [0.717, 1.165) is 16.2 Å². The molecule has 112 valence electrons. The van der Waals surface area contributed by atoms with Gasteiger partial charge in [0.15, 0.2) is 0 Å². The van der Waals surface area contributed by atoms with E-state index >= 15 is 0 Å². The van der Waals surface area contributed by atoms with Crippen molar-refractivity contribution in [2.45, 2.75) is 16.0 Å². The summed E-state index contributed by atoms with van der Waals surface area (Å²) in [7, 11) is -3.78. The average Bonchev–Trinajstić information content (AvgIpc) is 2.81. The monoisotopic (exact) mass is 343 g/mol. The lowest BCUT2D eigenvalue weighted by atomic mass is 10.3. The first-order valence-corrected chi connectivity index (χ1v) is 9.36. The Morgan fingerprint density at radius 3 is 2.62 bits per heavy atom. The number of carbonyl (C=O) groups is 1. The number of anilines is 1. The van der Waals surface area contributed by atoms with Crippen LogP contribution in [0.5, 0.6) is 0 Å². The van der Waals surface area contributed by atoms with E-state index in [1.54, 1.807) is 25.1 Å². The zero-order valence-electron chi connectivity index (χ0n) is 11.3. The number of carboxylic acids is 1. The molecule has 5 nitrogen and oxygen atoms in total. The van der Waals surface area contributed by atoms with Crippen LogP contribution in [-0.4, -0.2) is 25.7 Å². The molecular formula is C13H13NO4S3. The number of hydrogen-bond donors (Lipinski definition) is 2. The molecule has 2 N–H and O–H groups in total. The first kappa shape index (κ1) is 15.9. The van der Waals surface area contributed by atoms with Gasteiger partial charge in [-0.15, -0.1) is 23.1 Å². The van der Waals surface area contributed by atoms with Crippen molar-refractivity contribution in [2.24, 2.45) is 0 Å². The molecular weight excluding hydrogens is 330 g/mol. The molecule has 21 heavy (non-hydrogen) atoms. The van der Waals surface area contributed by atoms with Crippen LogP contribution < -0.4 is 4.72 Å². The Morgan fingerprint density at radius 2 is 2.05 bits per heavy atom. The highest BCUT2D eigenvalue weighted by molar-refractivity contribution is 7.98. The fourth-order valence-electron chi connectivity index (χ4n) is 1.69. The summed E-state index contributed by atoms with van der Waals surface area (Å²) >= 11 is 2.25. The Hall–Kier alpha value is -1.51. The fourth-order valence-corrected chi connectivity index (χ4v) is 4.58. The number of carboxylic acid groups (broad SMARTS) is 1. The Balaban J connectivity index is 2.34. The summed E-state index contributed by atoms with van der Waals surface area (Å²) in [5.74, 6) is -1.12. The predicted octanol–water partition coefficient (Wildman–Crippen LogP) is 3.28. The van der Waals surface area contributed by atoms with E-state index < -0.39 is 16.0 Å². The van der Waals surface area contributed by atoms with Crippen LogP contribution >= 0.6 is 23.1 Å². The zero-order chi connectivity index (χ0) is 15.6. The van der Waals surface area contributed by atoms with Crippen LogP contribution in [-0.2, 0) is 10.0 Å². The number of benzene rings is 1. The Morgan fingerprint density at radius 1 is 1.33 bits per heavy atom. The van der Waals surface area contributed by atoms with Gasteiger partial charge in [-0.05, 0) is 43.0 Å². The van der Waals surface area contributed by atoms with Crippen molar-refractivity contribution >= 4 is 44.8 Å². The van der Waals surface area contributed by atoms with Crippen molar-refractivity contribution in [1.29, 1.82) is 0 Å². The van der Waals surface area contributed by atoms with Gasteiger partial charge in [0.1, 0.15) is 9.09 Å². The quantitative estimate of drug-likeness (QED) is 0.814.